The van der Waals surface area contributed by atoms with Gasteiger partial charge in [-0.05, 0) is 65.5 Å². The van der Waals surface area contributed by atoms with Crippen molar-refractivity contribution in [2.45, 2.75) is 76.8 Å². The Morgan fingerprint density at radius 3 is 2.41 bits per heavy atom. The molecule has 182 valence electrons. The number of nitrogens with zero attached hydrogens (tertiary/aromatic N) is 3. The van der Waals surface area contributed by atoms with Crippen LogP contribution in [-0.4, -0.2) is 44.6 Å². The van der Waals surface area contributed by atoms with Gasteiger partial charge in [-0.1, -0.05) is 13.0 Å². The van der Waals surface area contributed by atoms with Crippen LogP contribution in [0.5, 0.6) is 17.5 Å². The molecule has 1 atom stereocenters. The summed E-state index contributed by atoms with van der Waals surface area (Å²) in [5, 5.41) is 14.6. The van der Waals surface area contributed by atoms with Crippen molar-refractivity contribution in [1.82, 2.24) is 14.9 Å². The summed E-state index contributed by atoms with van der Waals surface area (Å²) in [6, 6.07) is 5.88. The summed E-state index contributed by atoms with van der Waals surface area (Å²) < 4.78 is 11.8. The van der Waals surface area contributed by atoms with Crippen LogP contribution >= 0.6 is 0 Å². The molecule has 0 unspecified atom stereocenters. The third-order valence-corrected chi connectivity index (χ3v) is 6.82. The highest BCUT2D eigenvalue weighted by Crippen LogP contribution is 2.59. The van der Waals surface area contributed by atoms with E-state index in [4.69, 9.17) is 9.47 Å². The van der Waals surface area contributed by atoms with E-state index in [9.17, 15) is 14.7 Å². The molecule has 2 amide bonds. The fourth-order valence-corrected chi connectivity index (χ4v) is 4.80. The number of amides is 2. The molecule has 2 heterocycles. The van der Waals surface area contributed by atoms with Gasteiger partial charge in [-0.25, -0.2) is 9.97 Å². The quantitative estimate of drug-likeness (QED) is 0.689. The zero-order valence-corrected chi connectivity index (χ0v) is 20.3. The molecular formula is C25H31N4O5-. The first-order chi connectivity index (χ1) is 16.0. The highest BCUT2D eigenvalue weighted by Gasteiger charge is 2.50. The molecule has 1 aliphatic carbocycles. The number of carboxylic acid groups (broad SMARTS) is 1. The zero-order valence-electron chi connectivity index (χ0n) is 20.3. The largest absolute Gasteiger partial charge is 0.530 e. The predicted molar refractivity (Wildman–Crippen MR) is 124 cm³/mol. The van der Waals surface area contributed by atoms with Gasteiger partial charge in [0.05, 0.1) is 24.7 Å². The molecule has 1 aromatic heterocycles. The van der Waals surface area contributed by atoms with Gasteiger partial charge in [0, 0.05) is 16.5 Å². The number of anilines is 1. The fraction of sp³-hybridized carbons (Fsp3) is 0.520. The van der Waals surface area contributed by atoms with Gasteiger partial charge in [0.25, 0.3) is 0 Å². The molecule has 1 aromatic carbocycles. The first-order valence-corrected chi connectivity index (χ1v) is 11.6. The lowest BCUT2D eigenvalue weighted by molar-refractivity contribution is -0.277. The molecule has 1 spiro atoms. The third-order valence-electron chi connectivity index (χ3n) is 6.82. The minimum atomic E-state index is -1.41. The van der Waals surface area contributed by atoms with E-state index in [1.165, 1.54) is 12.4 Å². The Morgan fingerprint density at radius 1 is 1.18 bits per heavy atom. The molecule has 1 aliphatic heterocycles. The second kappa shape index (κ2) is 8.45. The smallest absolute Gasteiger partial charge is 0.322 e. The van der Waals surface area contributed by atoms with Gasteiger partial charge < -0.3 is 29.6 Å². The molecule has 2 aromatic rings. The van der Waals surface area contributed by atoms with Crippen molar-refractivity contribution in [2.75, 3.05) is 11.9 Å². The van der Waals surface area contributed by atoms with Gasteiger partial charge in [-0.15, -0.1) is 0 Å². The van der Waals surface area contributed by atoms with Crippen molar-refractivity contribution >= 4 is 17.7 Å². The van der Waals surface area contributed by atoms with Crippen LogP contribution in [0.1, 0.15) is 65.9 Å². The van der Waals surface area contributed by atoms with Gasteiger partial charge >= 0.3 is 6.01 Å². The van der Waals surface area contributed by atoms with E-state index in [2.05, 4.69) is 15.3 Å². The van der Waals surface area contributed by atoms with Crippen LogP contribution in [0.25, 0.3) is 0 Å². The molecule has 4 rings (SSSR count). The van der Waals surface area contributed by atoms with Crippen LogP contribution in [-0.2, 0) is 10.2 Å². The van der Waals surface area contributed by atoms with Crippen molar-refractivity contribution in [1.29, 1.82) is 0 Å². The summed E-state index contributed by atoms with van der Waals surface area (Å²) in [6.45, 7) is 9.21. The number of benzene rings is 1. The molecule has 1 saturated carbocycles. The number of ether oxygens (including phenoxy) is 2. The van der Waals surface area contributed by atoms with E-state index in [0.29, 0.717) is 18.0 Å². The lowest BCUT2D eigenvalue weighted by Gasteiger charge is -2.49. The Labute approximate surface area is 199 Å². The highest BCUT2D eigenvalue weighted by molar-refractivity contribution is 5.99. The van der Waals surface area contributed by atoms with Gasteiger partial charge in [0.2, 0.25) is 5.91 Å². The van der Waals surface area contributed by atoms with Crippen molar-refractivity contribution in [3.63, 3.8) is 0 Å². The minimum absolute atomic E-state index is 0.126. The number of carbonyl (C=O) groups excluding carboxylic acids is 2. The minimum Gasteiger partial charge on any atom is -0.530 e. The first kappa shape index (κ1) is 23.8. The summed E-state index contributed by atoms with van der Waals surface area (Å²) in [5.74, 6) is 1.04. The Hall–Kier alpha value is -3.36. The number of nitrogens with one attached hydrogen (secondary N) is 1. The lowest BCUT2D eigenvalue weighted by Crippen LogP contribution is -2.66. The van der Waals surface area contributed by atoms with Crippen LogP contribution in [0.4, 0.5) is 10.5 Å². The average Bonchev–Trinajstić information content (AvgIpc) is 3.53. The van der Waals surface area contributed by atoms with Crippen LogP contribution in [0.15, 0.2) is 30.6 Å². The number of carbonyl (C=O) groups is 2. The molecule has 1 N–H and O–H groups in total. The van der Waals surface area contributed by atoms with Gasteiger partial charge in [0.1, 0.15) is 23.1 Å². The molecule has 9 heteroatoms. The molecule has 34 heavy (non-hydrogen) atoms. The number of rotatable bonds is 6. The third kappa shape index (κ3) is 4.26. The SMILES string of the molecule is CC[C@](C)(C(=O)Nc1cnc(Oc2cccc3c2C2(CCO3)CC2)nc1)N(C(=O)[O-])C(C)(C)C. The van der Waals surface area contributed by atoms with E-state index in [0.717, 1.165) is 35.5 Å². The molecule has 1 fully saturated rings. The normalized spacial score (nSPS) is 17.7. The maximum Gasteiger partial charge on any atom is 0.322 e. The van der Waals surface area contributed by atoms with Crippen molar-refractivity contribution in [3.05, 3.63) is 36.2 Å². The van der Waals surface area contributed by atoms with Crippen LogP contribution < -0.4 is 19.9 Å². The first-order valence-electron chi connectivity index (χ1n) is 11.6. The second-order valence-electron chi connectivity index (χ2n) is 10.2. The molecule has 2 aliphatic rings. The van der Waals surface area contributed by atoms with E-state index >= 15 is 0 Å². The number of aromatic nitrogens is 2. The summed E-state index contributed by atoms with van der Waals surface area (Å²) in [6.07, 6.45) is 4.93. The van der Waals surface area contributed by atoms with Crippen molar-refractivity contribution in [2.24, 2.45) is 0 Å². The van der Waals surface area contributed by atoms with Crippen molar-refractivity contribution in [3.8, 4) is 17.5 Å². The Balaban J connectivity index is 1.51. The maximum absolute atomic E-state index is 13.1. The van der Waals surface area contributed by atoms with Gasteiger partial charge in [0.15, 0.2) is 0 Å². The number of hydrogen-bond acceptors (Lipinski definition) is 7. The van der Waals surface area contributed by atoms with E-state index in [-0.39, 0.29) is 17.8 Å². The van der Waals surface area contributed by atoms with E-state index < -0.39 is 23.1 Å². The van der Waals surface area contributed by atoms with E-state index in [1.54, 1.807) is 34.6 Å². The van der Waals surface area contributed by atoms with E-state index in [1.807, 2.05) is 18.2 Å². The second-order valence-corrected chi connectivity index (χ2v) is 10.2. The van der Waals surface area contributed by atoms with Crippen LogP contribution in [0, 0.1) is 0 Å². The summed E-state index contributed by atoms with van der Waals surface area (Å²) >= 11 is 0. The Bertz CT molecular complexity index is 1090. The topological polar surface area (TPSA) is 117 Å². The highest BCUT2D eigenvalue weighted by atomic mass is 16.5. The summed E-state index contributed by atoms with van der Waals surface area (Å²) in [5.41, 5.74) is -0.631. The predicted octanol–water partition coefficient (Wildman–Crippen LogP) is 3.63. The summed E-state index contributed by atoms with van der Waals surface area (Å²) in [4.78, 5) is 34.6. The number of fused-ring (bicyclic) bond motifs is 2. The van der Waals surface area contributed by atoms with Gasteiger partial charge in [-0.2, -0.15) is 0 Å². The van der Waals surface area contributed by atoms with Gasteiger partial charge in [-0.3, -0.25) is 4.79 Å². The maximum atomic E-state index is 13.1. The standard InChI is InChI=1S/C25H32N4O5/c1-6-24(5,29(22(31)32)23(2,3)4)20(30)28-16-14-26-21(27-15-16)34-18-9-7-8-17-19(18)25(10-11-25)12-13-33-17/h7-9,14-15H,6,10-13H2,1-5H3,(H,28,30)(H,31,32)/p-1/t24-/m1/s1. The lowest BCUT2D eigenvalue weighted by atomic mass is 9.89. The number of hydrogen-bond donors (Lipinski definition) is 1. The molecular weight excluding hydrogens is 436 g/mol. The van der Waals surface area contributed by atoms with Crippen molar-refractivity contribution < 1.29 is 24.2 Å². The monoisotopic (exact) mass is 467 g/mol. The Kier molecular flexibility index (Phi) is 5.91. The Morgan fingerprint density at radius 2 is 1.85 bits per heavy atom. The molecule has 0 bridgehead atoms. The zero-order chi connectivity index (χ0) is 24.7. The van der Waals surface area contributed by atoms with Crippen LogP contribution in [0.2, 0.25) is 0 Å². The fourth-order valence-electron chi connectivity index (χ4n) is 4.80. The molecule has 9 nitrogen and oxygen atoms in total. The molecule has 0 saturated heterocycles. The summed E-state index contributed by atoms with van der Waals surface area (Å²) in [7, 11) is 0. The average molecular weight is 468 g/mol. The molecule has 0 radical (unpaired) electrons. The van der Waals surface area contributed by atoms with Crippen LogP contribution in [0.3, 0.4) is 0 Å².